The molecule has 52 heavy (non-hydrogen) atoms. The first-order valence-corrected chi connectivity index (χ1v) is 18.4. The fourth-order valence-electron chi connectivity index (χ4n) is 4.93. The number of hydrogen-bond acceptors (Lipinski definition) is 7. The number of unbranched alkanes of at least 4 members (excludes halogenated alkanes) is 1. The molecule has 0 saturated heterocycles. The van der Waals surface area contributed by atoms with E-state index in [-0.39, 0.29) is 36.9 Å². The Hall–Kier alpha value is -3.79. The molecule has 1 N–H and O–H groups in total. The summed E-state index contributed by atoms with van der Waals surface area (Å²) in [6.45, 7) is 13.7. The van der Waals surface area contributed by atoms with E-state index in [1.165, 1.54) is 55.5 Å². The Labute approximate surface area is 326 Å². The average molecular weight is 899 g/mol. The van der Waals surface area contributed by atoms with Crippen molar-refractivity contribution in [3.05, 3.63) is 111 Å². The number of aliphatic imine (C=N–C) groups is 2. The summed E-state index contributed by atoms with van der Waals surface area (Å²) in [6.07, 6.45) is 16.2. The quantitative estimate of drug-likeness (QED) is 0.0719. The Balaban J connectivity index is 0.000000401. The second kappa shape index (κ2) is 23.0. The molecule has 12 heteroatoms. The summed E-state index contributed by atoms with van der Waals surface area (Å²) < 4.78 is 19.9. The number of nitro groups is 1. The normalized spacial score (nSPS) is 16.0. The van der Waals surface area contributed by atoms with Crippen LogP contribution in [0.2, 0.25) is 0 Å². The molecule has 0 spiro atoms. The number of hydrogen-bond donors (Lipinski definition) is 0. The number of fused-ring (bicyclic) bond motifs is 1. The first-order chi connectivity index (χ1) is 24.5. The van der Waals surface area contributed by atoms with Crippen molar-refractivity contribution in [3.8, 4) is 5.69 Å². The Bertz CT molecular complexity index is 1770. The predicted octanol–water partition coefficient (Wildman–Crippen LogP) is 12.4. The fourth-order valence-corrected chi connectivity index (χ4v) is 5.50. The predicted molar refractivity (Wildman–Crippen MR) is 210 cm³/mol. The molecule has 0 bridgehead atoms. The van der Waals surface area contributed by atoms with Gasteiger partial charge >= 0.3 is 26.1 Å². The molecule has 1 aliphatic carbocycles. The van der Waals surface area contributed by atoms with Crippen molar-refractivity contribution in [2.45, 2.75) is 92.4 Å². The largest absolute Gasteiger partial charge is 2.00 e. The van der Waals surface area contributed by atoms with Gasteiger partial charge in [0.1, 0.15) is 5.82 Å². The maximum Gasteiger partial charge on any atom is 2.00 e. The van der Waals surface area contributed by atoms with E-state index in [0.717, 1.165) is 71.1 Å². The average Bonchev–Trinajstić information content (AvgIpc) is 3.70. The number of allylic oxidation sites excluding steroid dienone is 1. The van der Waals surface area contributed by atoms with Gasteiger partial charge in [-0.15, -0.1) is 11.6 Å². The standard InChI is InChI=1S/C28H30FN4.C4H3N2O2S.C4H10O.C4H8.W/c1-6-7-8-9-23-17-30-33(25-13-11-24(29)12-14-25)28(23)32-21(5)22-10-15-26-19(3)18(2)20(4)31-27(26)16-22;5-3-1-2-4(9-3)6(7)8;1-3-4-5-2;1-2-4-3-1;/h8,10-19H,6-7H2,1-5H3;1-2,5H;3-4H2,1-2H3;1-4H2;/q2*-1;;;+2/b32-21+;;;;. The number of nitrogens with zero attached hydrogens (tertiary/aromatic N) is 5. The van der Waals surface area contributed by atoms with E-state index in [9.17, 15) is 14.5 Å². The maximum atomic E-state index is 13.5. The van der Waals surface area contributed by atoms with Gasteiger partial charge in [0.15, 0.2) is 0 Å². The molecule has 0 radical (unpaired) electrons. The number of aromatic nitrogens is 2. The molecule has 2 aromatic heterocycles. The molecule has 0 amide bonds. The summed E-state index contributed by atoms with van der Waals surface area (Å²) in [4.78, 5) is 19.3. The topological polar surface area (TPSA) is 119 Å². The molecular formula is C40H51FN6O3SW. The van der Waals surface area contributed by atoms with E-state index in [4.69, 9.17) is 20.5 Å². The Morgan fingerprint density at radius 3 is 2.27 bits per heavy atom. The van der Waals surface area contributed by atoms with Crippen LogP contribution in [-0.4, -0.2) is 39.8 Å². The van der Waals surface area contributed by atoms with Crippen LogP contribution in [0.25, 0.3) is 11.4 Å². The molecule has 3 heterocycles. The van der Waals surface area contributed by atoms with Gasteiger partial charge in [-0.05, 0) is 74.1 Å². The van der Waals surface area contributed by atoms with Crippen molar-refractivity contribution in [1.82, 2.24) is 9.78 Å². The van der Waals surface area contributed by atoms with Gasteiger partial charge in [-0.2, -0.15) is 6.08 Å². The van der Waals surface area contributed by atoms with Gasteiger partial charge in [0.25, 0.3) is 0 Å². The van der Waals surface area contributed by atoms with Crippen molar-refractivity contribution < 1.29 is 35.1 Å². The third-order valence-electron chi connectivity index (χ3n) is 8.60. The zero-order chi connectivity index (χ0) is 37.3. The second-order valence-electron chi connectivity index (χ2n) is 12.5. The minimum absolute atomic E-state index is 0. The molecule has 4 aromatic rings. The van der Waals surface area contributed by atoms with Gasteiger partial charge in [-0.25, -0.2) is 4.39 Å². The molecular weight excluding hydrogens is 847 g/mol. The summed E-state index contributed by atoms with van der Waals surface area (Å²) in [7, 11) is 1.71. The number of rotatable bonds is 9. The van der Waals surface area contributed by atoms with Crippen molar-refractivity contribution >= 4 is 44.3 Å². The van der Waals surface area contributed by atoms with Crippen LogP contribution in [0.4, 0.5) is 25.9 Å². The van der Waals surface area contributed by atoms with Crippen molar-refractivity contribution in [1.29, 1.82) is 0 Å². The van der Waals surface area contributed by atoms with Gasteiger partial charge < -0.3 is 10.5 Å². The van der Waals surface area contributed by atoms with Gasteiger partial charge in [-0.3, -0.25) is 29.9 Å². The zero-order valence-electron chi connectivity index (χ0n) is 31.3. The van der Waals surface area contributed by atoms with Crippen LogP contribution < -0.4 is 0 Å². The molecule has 2 unspecified atom stereocenters. The monoisotopic (exact) mass is 898 g/mol. The number of thiophene rings is 1. The van der Waals surface area contributed by atoms with Crippen LogP contribution in [0.3, 0.4) is 0 Å². The molecule has 278 valence electrons. The van der Waals surface area contributed by atoms with E-state index in [0.29, 0.717) is 17.7 Å². The first kappa shape index (κ1) is 44.4. The number of halogens is 1. The summed E-state index contributed by atoms with van der Waals surface area (Å²) in [6, 6.07) is 15.4. The number of nitrogens with one attached hydrogen (secondary N) is 1. The summed E-state index contributed by atoms with van der Waals surface area (Å²) in [5.74, 6) is 1.27. The molecule has 1 fully saturated rings. The molecule has 2 aliphatic rings. The van der Waals surface area contributed by atoms with Gasteiger partial charge in [0, 0.05) is 37.1 Å². The molecule has 1 saturated carbocycles. The van der Waals surface area contributed by atoms with E-state index >= 15 is 0 Å². The summed E-state index contributed by atoms with van der Waals surface area (Å²) in [5, 5.41) is 14.7. The number of benzene rings is 2. The molecule has 6 rings (SSSR count). The molecule has 2 atom stereocenters. The summed E-state index contributed by atoms with van der Waals surface area (Å²) >= 11 is 0.863. The summed E-state index contributed by atoms with van der Waals surface area (Å²) in [5.41, 5.74) is 13.8. The minimum atomic E-state index is -0.497. The SMILES string of the molecule is C1CCC1.CCCC=[C-]c1cnn(-c2ccc(F)cc2)c1/N=C(\C)c1ccc2c(c1)N=C(C)C(C)C2C.CCCOC.[NH-]c1ccc([N+](=O)[O-])s1.[W+2]. The van der Waals surface area contributed by atoms with Crippen molar-refractivity contribution in [3.63, 3.8) is 0 Å². The van der Waals surface area contributed by atoms with Crippen LogP contribution in [-0.2, 0) is 25.8 Å². The van der Waals surface area contributed by atoms with Crippen LogP contribution in [0.15, 0.2) is 76.9 Å². The van der Waals surface area contributed by atoms with Crippen molar-refractivity contribution in [2.75, 3.05) is 13.7 Å². The van der Waals surface area contributed by atoms with E-state index in [1.54, 1.807) is 30.1 Å². The number of ether oxygens (including phenoxy) is 1. The Morgan fingerprint density at radius 1 is 1.10 bits per heavy atom. The van der Waals surface area contributed by atoms with Gasteiger partial charge in [-0.1, -0.05) is 101 Å². The minimum Gasteiger partial charge on any atom is -0.690 e. The number of methoxy groups -OCH3 is 1. The zero-order valence-corrected chi connectivity index (χ0v) is 35.1. The molecule has 9 nitrogen and oxygen atoms in total. The molecule has 2 aromatic carbocycles. The smallest absolute Gasteiger partial charge is 0.690 e. The maximum absolute atomic E-state index is 13.5. The van der Waals surface area contributed by atoms with E-state index in [2.05, 4.69) is 64.0 Å². The van der Waals surface area contributed by atoms with Gasteiger partial charge in [0.05, 0.1) is 22.1 Å². The van der Waals surface area contributed by atoms with Crippen molar-refractivity contribution in [2.24, 2.45) is 15.9 Å². The van der Waals surface area contributed by atoms with E-state index in [1.807, 2.05) is 13.0 Å². The van der Waals surface area contributed by atoms with Crippen LogP contribution >= 0.6 is 11.3 Å². The van der Waals surface area contributed by atoms with Gasteiger partial charge in [0.2, 0.25) is 0 Å². The van der Waals surface area contributed by atoms with E-state index < -0.39 is 4.92 Å². The first-order valence-electron chi connectivity index (χ1n) is 17.6. The Morgan fingerprint density at radius 2 is 1.77 bits per heavy atom. The third-order valence-corrected chi connectivity index (χ3v) is 9.45. The third kappa shape index (κ3) is 13.3. The van der Waals surface area contributed by atoms with Crippen LogP contribution in [0.1, 0.15) is 109 Å². The van der Waals surface area contributed by atoms with Crippen LogP contribution in [0, 0.1) is 27.9 Å². The van der Waals surface area contributed by atoms with Crippen LogP contribution in [0.5, 0.6) is 0 Å². The fraction of sp³-hybridized carbons (Fsp3) is 0.425. The second-order valence-corrected chi connectivity index (χ2v) is 13.6. The Kier molecular flexibility index (Phi) is 19.6. The molecule has 1 aliphatic heterocycles.